The minimum absolute atomic E-state index is 0.0737. The van der Waals surface area contributed by atoms with Gasteiger partial charge in [-0.15, -0.1) is 11.3 Å². The van der Waals surface area contributed by atoms with Crippen molar-refractivity contribution >= 4 is 17.2 Å². The molecule has 0 atom stereocenters. The number of phenols is 1. The fraction of sp³-hybridized carbons (Fsp3) is 0.267. The van der Waals surface area contributed by atoms with E-state index in [2.05, 4.69) is 16.8 Å². The molecule has 0 aliphatic heterocycles. The maximum atomic E-state index is 11.7. The first-order valence-corrected chi connectivity index (χ1v) is 7.19. The van der Waals surface area contributed by atoms with Crippen molar-refractivity contribution in [3.8, 4) is 5.75 Å². The first-order chi connectivity index (χ1) is 9.24. The highest BCUT2D eigenvalue weighted by Gasteiger charge is 2.02. The third-order valence-corrected chi connectivity index (χ3v) is 3.77. The van der Waals surface area contributed by atoms with E-state index in [9.17, 15) is 4.79 Å². The van der Waals surface area contributed by atoms with Gasteiger partial charge in [-0.1, -0.05) is 18.2 Å². The van der Waals surface area contributed by atoms with E-state index in [4.69, 9.17) is 5.11 Å². The molecule has 1 aromatic heterocycles. The van der Waals surface area contributed by atoms with Crippen LogP contribution in [0, 0.1) is 0 Å². The number of thiophene rings is 1. The van der Waals surface area contributed by atoms with Crippen LogP contribution in [-0.4, -0.2) is 11.0 Å². The van der Waals surface area contributed by atoms with Crippen molar-refractivity contribution in [3.05, 3.63) is 52.2 Å². The number of aromatic hydroxyl groups is 1. The zero-order chi connectivity index (χ0) is 13.5. The lowest BCUT2D eigenvalue weighted by Crippen LogP contribution is -2.22. The van der Waals surface area contributed by atoms with Crippen molar-refractivity contribution in [2.24, 2.45) is 0 Å². The minimum atomic E-state index is 0.0737. The average Bonchev–Trinajstić information content (AvgIpc) is 2.91. The van der Waals surface area contributed by atoms with Crippen molar-refractivity contribution in [2.75, 3.05) is 0 Å². The van der Waals surface area contributed by atoms with Crippen LogP contribution in [0.4, 0.5) is 0 Å². The third-order valence-electron chi connectivity index (χ3n) is 2.83. The second-order valence-electron chi connectivity index (χ2n) is 4.38. The lowest BCUT2D eigenvalue weighted by Gasteiger charge is -2.05. The van der Waals surface area contributed by atoms with Crippen molar-refractivity contribution in [2.45, 2.75) is 25.8 Å². The molecule has 2 aromatic rings. The monoisotopic (exact) mass is 275 g/mol. The molecule has 1 amide bonds. The number of nitrogens with one attached hydrogen (secondary N) is 1. The molecule has 2 rings (SSSR count). The molecule has 19 heavy (non-hydrogen) atoms. The van der Waals surface area contributed by atoms with Crippen LogP contribution >= 0.6 is 11.3 Å². The van der Waals surface area contributed by atoms with Crippen LogP contribution in [0.5, 0.6) is 5.75 Å². The van der Waals surface area contributed by atoms with Crippen LogP contribution in [0.15, 0.2) is 41.8 Å². The number of amides is 1. The van der Waals surface area contributed by atoms with Gasteiger partial charge in [0.15, 0.2) is 0 Å². The van der Waals surface area contributed by atoms with E-state index < -0.39 is 0 Å². The number of hydrogen-bond donors (Lipinski definition) is 2. The quantitative estimate of drug-likeness (QED) is 0.851. The summed E-state index contributed by atoms with van der Waals surface area (Å²) in [5.74, 6) is 0.315. The van der Waals surface area contributed by atoms with Crippen LogP contribution in [0.1, 0.15) is 23.3 Å². The van der Waals surface area contributed by atoms with E-state index in [1.165, 1.54) is 4.88 Å². The zero-order valence-electron chi connectivity index (χ0n) is 10.6. The molecule has 0 unspecified atom stereocenters. The van der Waals surface area contributed by atoms with Crippen LogP contribution < -0.4 is 5.32 Å². The Morgan fingerprint density at radius 3 is 2.68 bits per heavy atom. The molecule has 1 aromatic carbocycles. The molecule has 0 saturated carbocycles. The SMILES string of the molecule is O=C(CCCc1cccs1)NCc1ccc(O)cc1. The van der Waals surface area contributed by atoms with Gasteiger partial charge >= 0.3 is 0 Å². The number of hydrogen-bond acceptors (Lipinski definition) is 3. The molecule has 3 nitrogen and oxygen atoms in total. The molecular weight excluding hydrogens is 258 g/mol. The fourth-order valence-electron chi connectivity index (χ4n) is 1.78. The molecule has 100 valence electrons. The summed E-state index contributed by atoms with van der Waals surface area (Å²) in [6.45, 7) is 0.512. The van der Waals surface area contributed by atoms with Crippen LogP contribution in [0.2, 0.25) is 0 Å². The first-order valence-electron chi connectivity index (χ1n) is 6.31. The van der Waals surface area contributed by atoms with Gasteiger partial charge < -0.3 is 10.4 Å². The van der Waals surface area contributed by atoms with Gasteiger partial charge in [0.2, 0.25) is 5.91 Å². The van der Waals surface area contributed by atoms with Crippen molar-refractivity contribution < 1.29 is 9.90 Å². The summed E-state index contributed by atoms with van der Waals surface area (Å²) < 4.78 is 0. The van der Waals surface area contributed by atoms with Crippen molar-refractivity contribution in [1.29, 1.82) is 0 Å². The summed E-state index contributed by atoms with van der Waals surface area (Å²) in [5, 5.41) is 14.1. The summed E-state index contributed by atoms with van der Waals surface area (Å²) in [6.07, 6.45) is 2.39. The smallest absolute Gasteiger partial charge is 0.220 e. The summed E-state index contributed by atoms with van der Waals surface area (Å²) >= 11 is 1.73. The maximum Gasteiger partial charge on any atom is 0.220 e. The normalized spacial score (nSPS) is 10.3. The van der Waals surface area contributed by atoms with Gasteiger partial charge in [-0.3, -0.25) is 4.79 Å². The van der Waals surface area contributed by atoms with E-state index in [0.29, 0.717) is 13.0 Å². The third kappa shape index (κ3) is 4.75. The Morgan fingerprint density at radius 2 is 2.00 bits per heavy atom. The lowest BCUT2D eigenvalue weighted by molar-refractivity contribution is -0.121. The number of carbonyl (C=O) groups is 1. The average molecular weight is 275 g/mol. The standard InChI is InChI=1S/C15H17NO2S/c17-13-8-6-12(7-9-13)11-16-15(18)5-1-3-14-4-2-10-19-14/h2,4,6-10,17H,1,3,5,11H2,(H,16,18). The highest BCUT2D eigenvalue weighted by molar-refractivity contribution is 7.09. The van der Waals surface area contributed by atoms with Gasteiger partial charge in [0.05, 0.1) is 0 Å². The molecule has 0 spiro atoms. The van der Waals surface area contributed by atoms with E-state index >= 15 is 0 Å². The Balaban J connectivity index is 1.65. The molecule has 4 heteroatoms. The van der Waals surface area contributed by atoms with Gasteiger partial charge in [0.25, 0.3) is 0 Å². The summed E-state index contributed by atoms with van der Waals surface area (Å²) in [5.41, 5.74) is 0.990. The maximum absolute atomic E-state index is 11.7. The first kappa shape index (κ1) is 13.6. The highest BCUT2D eigenvalue weighted by atomic mass is 32.1. The van der Waals surface area contributed by atoms with Crippen molar-refractivity contribution in [1.82, 2.24) is 5.32 Å². The Morgan fingerprint density at radius 1 is 1.21 bits per heavy atom. The topological polar surface area (TPSA) is 49.3 Å². The molecule has 0 saturated heterocycles. The zero-order valence-corrected chi connectivity index (χ0v) is 11.5. The lowest BCUT2D eigenvalue weighted by atomic mass is 10.2. The molecule has 0 radical (unpaired) electrons. The minimum Gasteiger partial charge on any atom is -0.508 e. The summed E-state index contributed by atoms with van der Waals surface area (Å²) in [4.78, 5) is 13.0. The Labute approximate surface area is 116 Å². The van der Waals surface area contributed by atoms with Crippen LogP contribution in [-0.2, 0) is 17.8 Å². The second-order valence-corrected chi connectivity index (χ2v) is 5.41. The molecule has 2 N–H and O–H groups in total. The molecule has 0 aliphatic rings. The van der Waals surface area contributed by atoms with E-state index in [1.54, 1.807) is 35.6 Å². The molecule has 0 bridgehead atoms. The second kappa shape index (κ2) is 6.95. The predicted octanol–water partition coefficient (Wildman–Crippen LogP) is 3.09. The Hall–Kier alpha value is -1.81. The summed E-state index contributed by atoms with van der Waals surface area (Å²) in [7, 11) is 0. The van der Waals surface area contributed by atoms with Gasteiger partial charge in [0, 0.05) is 17.8 Å². The molecule has 0 aliphatic carbocycles. The van der Waals surface area contributed by atoms with Gasteiger partial charge in [-0.05, 0) is 42.0 Å². The van der Waals surface area contributed by atoms with Crippen LogP contribution in [0.3, 0.4) is 0 Å². The van der Waals surface area contributed by atoms with Gasteiger partial charge in [0.1, 0.15) is 5.75 Å². The molecular formula is C15H17NO2S. The Bertz CT molecular complexity index is 505. The number of carbonyl (C=O) groups excluding carboxylic acids is 1. The summed E-state index contributed by atoms with van der Waals surface area (Å²) in [6, 6.07) is 11.0. The molecule has 1 heterocycles. The number of aryl methyl sites for hydroxylation is 1. The van der Waals surface area contributed by atoms with Gasteiger partial charge in [-0.25, -0.2) is 0 Å². The largest absolute Gasteiger partial charge is 0.508 e. The predicted molar refractivity (Wildman–Crippen MR) is 77.2 cm³/mol. The molecule has 0 fully saturated rings. The number of phenolic OH excluding ortho intramolecular Hbond substituents is 1. The van der Waals surface area contributed by atoms with Crippen LogP contribution in [0.25, 0.3) is 0 Å². The fourth-order valence-corrected chi connectivity index (χ4v) is 2.53. The number of rotatable bonds is 6. The van der Waals surface area contributed by atoms with E-state index in [0.717, 1.165) is 18.4 Å². The van der Waals surface area contributed by atoms with Crippen molar-refractivity contribution in [3.63, 3.8) is 0 Å². The van der Waals surface area contributed by atoms with Gasteiger partial charge in [-0.2, -0.15) is 0 Å². The van der Waals surface area contributed by atoms with E-state index in [1.807, 2.05) is 6.07 Å². The Kier molecular flexibility index (Phi) is 4.98. The number of benzene rings is 1. The van der Waals surface area contributed by atoms with E-state index in [-0.39, 0.29) is 11.7 Å². The highest BCUT2D eigenvalue weighted by Crippen LogP contribution is 2.12.